The Morgan fingerprint density at radius 2 is 1.85 bits per heavy atom. The van der Waals surface area contributed by atoms with Crippen LogP contribution < -0.4 is 5.32 Å². The van der Waals surface area contributed by atoms with E-state index in [1.54, 1.807) is 0 Å². The Labute approximate surface area is 118 Å². The summed E-state index contributed by atoms with van der Waals surface area (Å²) in [5.41, 5.74) is 2.49. The molecule has 2 aromatic rings. The lowest BCUT2D eigenvalue weighted by Gasteiger charge is -2.18. The lowest BCUT2D eigenvalue weighted by atomic mass is 9.87. The van der Waals surface area contributed by atoms with Crippen LogP contribution in [0.3, 0.4) is 0 Å². The van der Waals surface area contributed by atoms with Crippen LogP contribution in [0.2, 0.25) is 0 Å². The van der Waals surface area contributed by atoms with Crippen LogP contribution in [0.15, 0.2) is 28.9 Å². The maximum atomic E-state index is 12.1. The Hall–Kier alpha value is -2.17. The third kappa shape index (κ3) is 3.04. The van der Waals surface area contributed by atoms with Crippen molar-refractivity contribution in [1.82, 2.24) is 10.3 Å². The number of hydrogen-bond donors (Lipinski definition) is 1. The van der Waals surface area contributed by atoms with Crippen LogP contribution in [0.1, 0.15) is 49.3 Å². The number of rotatable bonds is 3. The molecule has 0 unspecified atom stereocenters. The highest BCUT2D eigenvalue weighted by Gasteiger charge is 2.16. The van der Waals surface area contributed by atoms with E-state index in [9.17, 15) is 4.79 Å². The van der Waals surface area contributed by atoms with Gasteiger partial charge in [0, 0.05) is 5.56 Å². The second kappa shape index (κ2) is 5.45. The molecule has 0 saturated heterocycles. The highest BCUT2D eigenvalue weighted by Crippen LogP contribution is 2.22. The van der Waals surface area contributed by atoms with Crippen LogP contribution in [0.4, 0.5) is 5.82 Å². The molecular weight excluding hydrogens is 254 g/mol. The molecule has 0 aliphatic rings. The third-order valence-corrected chi connectivity index (χ3v) is 3.14. The van der Waals surface area contributed by atoms with Gasteiger partial charge < -0.3 is 5.32 Å². The average Bonchev–Trinajstić information content (AvgIpc) is 2.85. The number of benzene rings is 1. The number of amides is 1. The Balaban J connectivity index is 2.14. The number of anilines is 1. The smallest absolute Gasteiger partial charge is 0.256 e. The van der Waals surface area contributed by atoms with E-state index in [0.717, 1.165) is 0 Å². The van der Waals surface area contributed by atoms with Crippen molar-refractivity contribution in [2.75, 3.05) is 5.32 Å². The highest BCUT2D eigenvalue weighted by atomic mass is 16.6. The van der Waals surface area contributed by atoms with Crippen molar-refractivity contribution in [1.29, 1.82) is 0 Å². The lowest BCUT2D eigenvalue weighted by Crippen LogP contribution is -2.15. The Kier molecular flexibility index (Phi) is 3.88. The van der Waals surface area contributed by atoms with E-state index < -0.39 is 0 Å². The second-order valence-corrected chi connectivity index (χ2v) is 5.69. The average molecular weight is 273 g/mol. The molecule has 5 heteroatoms. The summed E-state index contributed by atoms with van der Waals surface area (Å²) in [4.78, 5) is 12.1. The van der Waals surface area contributed by atoms with Gasteiger partial charge in [-0.1, -0.05) is 45.0 Å². The number of carbonyl (C=O) groups excluding carboxylic acids is 1. The van der Waals surface area contributed by atoms with Crippen LogP contribution in [0.25, 0.3) is 0 Å². The van der Waals surface area contributed by atoms with E-state index in [1.807, 2.05) is 31.2 Å². The molecule has 1 aromatic carbocycles. The van der Waals surface area contributed by atoms with Gasteiger partial charge >= 0.3 is 0 Å². The van der Waals surface area contributed by atoms with Crippen LogP contribution >= 0.6 is 0 Å². The van der Waals surface area contributed by atoms with E-state index in [2.05, 4.69) is 41.0 Å². The summed E-state index contributed by atoms with van der Waals surface area (Å²) in [6.45, 7) is 8.33. The van der Waals surface area contributed by atoms with Gasteiger partial charge in [0.05, 0.1) is 0 Å². The fourth-order valence-electron chi connectivity index (χ4n) is 1.83. The molecule has 1 aromatic heterocycles. The topological polar surface area (TPSA) is 68.0 Å². The van der Waals surface area contributed by atoms with E-state index in [1.165, 1.54) is 5.56 Å². The van der Waals surface area contributed by atoms with Crippen molar-refractivity contribution < 1.29 is 9.42 Å². The molecule has 2 rings (SSSR count). The van der Waals surface area contributed by atoms with E-state index in [0.29, 0.717) is 23.5 Å². The van der Waals surface area contributed by atoms with Gasteiger partial charge in [0.2, 0.25) is 5.82 Å². The van der Waals surface area contributed by atoms with E-state index in [-0.39, 0.29) is 11.3 Å². The van der Waals surface area contributed by atoms with Gasteiger partial charge in [-0.15, -0.1) is 0 Å². The first-order chi connectivity index (χ1) is 9.41. The molecule has 0 fully saturated rings. The number of nitrogens with one attached hydrogen (secondary N) is 1. The Morgan fingerprint density at radius 1 is 1.20 bits per heavy atom. The molecule has 0 atom stereocenters. The molecule has 0 aliphatic carbocycles. The minimum Gasteiger partial charge on any atom is -0.302 e. The first kappa shape index (κ1) is 14.2. The second-order valence-electron chi connectivity index (χ2n) is 5.69. The summed E-state index contributed by atoms with van der Waals surface area (Å²) < 4.78 is 4.62. The number of carbonyl (C=O) groups is 1. The minimum atomic E-state index is -0.212. The summed E-state index contributed by atoms with van der Waals surface area (Å²) in [5, 5.41) is 10.1. The molecule has 1 heterocycles. The van der Waals surface area contributed by atoms with Crippen LogP contribution in [-0.4, -0.2) is 16.2 Å². The van der Waals surface area contributed by atoms with Gasteiger partial charge in [0.25, 0.3) is 5.91 Å². The monoisotopic (exact) mass is 273 g/mol. The zero-order valence-electron chi connectivity index (χ0n) is 12.2. The molecule has 1 amide bonds. The lowest BCUT2D eigenvalue weighted by molar-refractivity contribution is 0.102. The molecule has 0 aliphatic heterocycles. The molecule has 20 heavy (non-hydrogen) atoms. The van der Waals surface area contributed by atoms with Crippen LogP contribution in [-0.2, 0) is 11.8 Å². The zero-order chi connectivity index (χ0) is 14.8. The molecule has 106 valence electrons. The normalized spacial score (nSPS) is 11.4. The number of hydrogen-bond acceptors (Lipinski definition) is 4. The van der Waals surface area contributed by atoms with Crippen molar-refractivity contribution in [2.45, 2.75) is 39.5 Å². The summed E-state index contributed by atoms with van der Waals surface area (Å²) in [5.74, 6) is 0.174. The van der Waals surface area contributed by atoms with Crippen molar-refractivity contribution >= 4 is 11.7 Å². The molecule has 0 bridgehead atoms. The van der Waals surface area contributed by atoms with Gasteiger partial charge in [-0.2, -0.15) is 0 Å². The SMILES string of the molecule is CCc1nonc1NC(=O)c1ccc(C(C)(C)C)cc1. The molecule has 1 N–H and O–H groups in total. The van der Waals surface area contributed by atoms with Crippen LogP contribution in [0.5, 0.6) is 0 Å². The van der Waals surface area contributed by atoms with Crippen LogP contribution in [0, 0.1) is 0 Å². The van der Waals surface area contributed by atoms with E-state index in [4.69, 9.17) is 0 Å². The molecular formula is C15H19N3O2. The molecule has 0 radical (unpaired) electrons. The van der Waals surface area contributed by atoms with E-state index >= 15 is 0 Å². The standard InChI is InChI=1S/C15H19N3O2/c1-5-12-13(18-20-17-12)16-14(19)10-6-8-11(9-7-10)15(2,3)4/h6-9H,5H2,1-4H3,(H,16,18,19). The Bertz CT molecular complexity index is 594. The van der Waals surface area contributed by atoms with Gasteiger partial charge in [-0.05, 0) is 34.7 Å². The maximum Gasteiger partial charge on any atom is 0.256 e. The van der Waals surface area contributed by atoms with Gasteiger partial charge in [0.1, 0.15) is 5.69 Å². The number of aryl methyl sites for hydroxylation is 1. The first-order valence-corrected chi connectivity index (χ1v) is 6.65. The van der Waals surface area contributed by atoms with Crippen molar-refractivity contribution in [3.8, 4) is 0 Å². The van der Waals surface area contributed by atoms with Crippen molar-refractivity contribution in [3.63, 3.8) is 0 Å². The quantitative estimate of drug-likeness (QED) is 0.932. The van der Waals surface area contributed by atoms with Crippen molar-refractivity contribution in [3.05, 3.63) is 41.1 Å². The highest BCUT2D eigenvalue weighted by molar-refractivity contribution is 6.03. The molecule has 0 spiro atoms. The summed E-state index contributed by atoms with van der Waals surface area (Å²) >= 11 is 0. The summed E-state index contributed by atoms with van der Waals surface area (Å²) in [6.07, 6.45) is 0.655. The molecule has 0 saturated carbocycles. The maximum absolute atomic E-state index is 12.1. The predicted octanol–water partition coefficient (Wildman–Crippen LogP) is 3.18. The number of aromatic nitrogens is 2. The molecule has 5 nitrogen and oxygen atoms in total. The van der Waals surface area contributed by atoms with Gasteiger partial charge in [-0.3, -0.25) is 4.79 Å². The Morgan fingerprint density at radius 3 is 2.40 bits per heavy atom. The number of nitrogens with zero attached hydrogens (tertiary/aromatic N) is 2. The fourth-order valence-corrected chi connectivity index (χ4v) is 1.83. The summed E-state index contributed by atoms with van der Waals surface area (Å²) in [7, 11) is 0. The minimum absolute atomic E-state index is 0.0699. The fraction of sp³-hybridized carbons (Fsp3) is 0.400. The zero-order valence-corrected chi connectivity index (χ0v) is 12.2. The van der Waals surface area contributed by atoms with Gasteiger partial charge in [-0.25, -0.2) is 4.63 Å². The van der Waals surface area contributed by atoms with Crippen molar-refractivity contribution in [2.24, 2.45) is 0 Å². The summed E-state index contributed by atoms with van der Waals surface area (Å²) in [6, 6.07) is 7.57. The van der Waals surface area contributed by atoms with Gasteiger partial charge in [0.15, 0.2) is 0 Å². The first-order valence-electron chi connectivity index (χ1n) is 6.65. The largest absolute Gasteiger partial charge is 0.302 e. The predicted molar refractivity (Wildman–Crippen MR) is 76.8 cm³/mol. The third-order valence-electron chi connectivity index (χ3n) is 3.14.